The first kappa shape index (κ1) is 14.7. The number of hydrogen-bond acceptors (Lipinski definition) is 4. The van der Waals surface area contributed by atoms with Gasteiger partial charge in [-0.15, -0.1) is 0 Å². The van der Waals surface area contributed by atoms with E-state index in [0.717, 1.165) is 19.6 Å². The number of rotatable bonds is 5. The molecule has 2 aromatic rings. The predicted octanol–water partition coefficient (Wildman–Crippen LogP) is 1.97. The minimum Gasteiger partial charge on any atom is -0.351 e. The van der Waals surface area contributed by atoms with Gasteiger partial charge in [-0.1, -0.05) is 6.07 Å². The summed E-state index contributed by atoms with van der Waals surface area (Å²) in [6.45, 7) is 3.85. The Morgan fingerprint density at radius 3 is 2.68 bits per heavy atom. The van der Waals surface area contributed by atoms with Gasteiger partial charge < -0.3 is 10.2 Å². The summed E-state index contributed by atoms with van der Waals surface area (Å²) in [5, 5.41) is 2.99. The van der Waals surface area contributed by atoms with Gasteiger partial charge in [0.25, 0.3) is 5.91 Å². The Kier molecular flexibility index (Phi) is 4.75. The van der Waals surface area contributed by atoms with Crippen molar-refractivity contribution < 1.29 is 4.79 Å². The Bertz CT molecular complexity index is 624. The lowest BCUT2D eigenvalue weighted by atomic mass is 10.1. The average molecular weight is 296 g/mol. The molecule has 0 aliphatic carbocycles. The van der Waals surface area contributed by atoms with E-state index in [4.69, 9.17) is 0 Å². The number of amides is 1. The Labute approximate surface area is 130 Å². The van der Waals surface area contributed by atoms with Crippen molar-refractivity contribution in [3.05, 3.63) is 48.3 Å². The van der Waals surface area contributed by atoms with E-state index in [9.17, 15) is 4.79 Å². The van der Waals surface area contributed by atoms with Crippen LogP contribution in [-0.4, -0.2) is 47.0 Å². The van der Waals surface area contributed by atoms with Gasteiger partial charge in [-0.2, -0.15) is 0 Å². The normalized spacial score (nSPS) is 14.9. The van der Waals surface area contributed by atoms with E-state index in [1.807, 2.05) is 18.2 Å². The number of likely N-dealkylation sites (tertiary alicyclic amines) is 1. The molecule has 2 aromatic heterocycles. The summed E-state index contributed by atoms with van der Waals surface area (Å²) in [5.41, 5.74) is 1.91. The maximum absolute atomic E-state index is 12.4. The molecule has 0 bridgehead atoms. The summed E-state index contributed by atoms with van der Waals surface area (Å²) in [4.78, 5) is 23.4. The van der Waals surface area contributed by atoms with Crippen molar-refractivity contribution in [2.24, 2.45) is 0 Å². The van der Waals surface area contributed by atoms with Gasteiger partial charge in [-0.3, -0.25) is 14.8 Å². The van der Waals surface area contributed by atoms with E-state index >= 15 is 0 Å². The van der Waals surface area contributed by atoms with Crippen LogP contribution < -0.4 is 5.32 Å². The molecule has 0 unspecified atom stereocenters. The zero-order valence-electron chi connectivity index (χ0n) is 12.5. The molecule has 1 amide bonds. The van der Waals surface area contributed by atoms with Gasteiger partial charge in [0, 0.05) is 25.5 Å². The Morgan fingerprint density at radius 2 is 1.91 bits per heavy atom. The number of nitrogens with zero attached hydrogens (tertiary/aromatic N) is 3. The summed E-state index contributed by atoms with van der Waals surface area (Å²) in [5.74, 6) is -0.0899. The zero-order valence-corrected chi connectivity index (χ0v) is 12.5. The van der Waals surface area contributed by atoms with Crippen LogP contribution in [0.2, 0.25) is 0 Å². The monoisotopic (exact) mass is 296 g/mol. The highest BCUT2D eigenvalue weighted by Gasteiger charge is 2.15. The Balaban J connectivity index is 1.67. The maximum Gasteiger partial charge on any atom is 0.253 e. The molecule has 3 rings (SSSR count). The molecule has 1 fully saturated rings. The van der Waals surface area contributed by atoms with Crippen LogP contribution in [0.15, 0.2) is 42.7 Å². The van der Waals surface area contributed by atoms with Gasteiger partial charge in [-0.25, -0.2) is 0 Å². The largest absolute Gasteiger partial charge is 0.351 e. The van der Waals surface area contributed by atoms with Gasteiger partial charge in [-0.05, 0) is 50.2 Å². The summed E-state index contributed by atoms with van der Waals surface area (Å²) in [6, 6.07) is 9.18. The molecule has 1 N–H and O–H groups in total. The summed E-state index contributed by atoms with van der Waals surface area (Å²) < 4.78 is 0. The van der Waals surface area contributed by atoms with E-state index < -0.39 is 0 Å². The number of aromatic nitrogens is 2. The van der Waals surface area contributed by atoms with Crippen LogP contribution in [-0.2, 0) is 0 Å². The SMILES string of the molecule is O=C(NCCN1CCCC1)c1cccnc1-c1ccccn1. The van der Waals surface area contributed by atoms with Crippen molar-refractivity contribution in [2.75, 3.05) is 26.2 Å². The molecule has 114 valence electrons. The standard InChI is InChI=1S/C17H20N4O/c22-17(20-10-13-21-11-3-4-12-21)14-6-5-9-19-16(14)15-7-1-2-8-18-15/h1-2,5-9H,3-4,10-13H2,(H,20,22). The third kappa shape index (κ3) is 3.49. The predicted molar refractivity (Wildman–Crippen MR) is 85.5 cm³/mol. The highest BCUT2D eigenvalue weighted by atomic mass is 16.1. The first-order valence-electron chi connectivity index (χ1n) is 7.71. The molecule has 5 nitrogen and oxygen atoms in total. The quantitative estimate of drug-likeness (QED) is 0.916. The number of pyridine rings is 2. The van der Waals surface area contributed by atoms with Crippen molar-refractivity contribution in [1.29, 1.82) is 0 Å². The second-order valence-electron chi connectivity index (χ2n) is 5.42. The van der Waals surface area contributed by atoms with Gasteiger partial charge in [0.05, 0.1) is 11.3 Å². The van der Waals surface area contributed by atoms with Crippen molar-refractivity contribution in [3.8, 4) is 11.4 Å². The van der Waals surface area contributed by atoms with E-state index in [2.05, 4.69) is 20.2 Å². The first-order valence-corrected chi connectivity index (χ1v) is 7.71. The van der Waals surface area contributed by atoms with Crippen LogP contribution in [0.3, 0.4) is 0 Å². The number of hydrogen-bond donors (Lipinski definition) is 1. The number of carbonyl (C=O) groups excluding carboxylic acids is 1. The Hall–Kier alpha value is -2.27. The smallest absolute Gasteiger partial charge is 0.253 e. The molecule has 0 spiro atoms. The van der Waals surface area contributed by atoms with E-state index in [1.165, 1.54) is 12.8 Å². The highest BCUT2D eigenvalue weighted by molar-refractivity contribution is 5.99. The maximum atomic E-state index is 12.4. The molecule has 0 radical (unpaired) electrons. The van der Waals surface area contributed by atoms with Gasteiger partial charge >= 0.3 is 0 Å². The molecule has 0 aromatic carbocycles. The second kappa shape index (κ2) is 7.13. The third-order valence-corrected chi connectivity index (χ3v) is 3.87. The molecule has 1 saturated heterocycles. The van der Waals surface area contributed by atoms with Crippen LogP contribution >= 0.6 is 0 Å². The summed E-state index contributed by atoms with van der Waals surface area (Å²) in [7, 11) is 0. The van der Waals surface area contributed by atoms with Crippen LogP contribution in [0.25, 0.3) is 11.4 Å². The van der Waals surface area contributed by atoms with Crippen LogP contribution in [0.4, 0.5) is 0 Å². The third-order valence-electron chi connectivity index (χ3n) is 3.87. The summed E-state index contributed by atoms with van der Waals surface area (Å²) >= 11 is 0. The molecular weight excluding hydrogens is 276 g/mol. The van der Waals surface area contributed by atoms with Crippen LogP contribution in [0.5, 0.6) is 0 Å². The van der Waals surface area contributed by atoms with Crippen molar-refractivity contribution >= 4 is 5.91 Å². The van der Waals surface area contributed by atoms with Crippen LogP contribution in [0.1, 0.15) is 23.2 Å². The first-order chi connectivity index (χ1) is 10.8. The zero-order chi connectivity index (χ0) is 15.2. The minimum absolute atomic E-state index is 0.0899. The second-order valence-corrected chi connectivity index (χ2v) is 5.42. The number of carbonyl (C=O) groups is 1. The fourth-order valence-corrected chi connectivity index (χ4v) is 2.72. The van der Waals surface area contributed by atoms with Gasteiger partial charge in [0.1, 0.15) is 5.69 Å². The highest BCUT2D eigenvalue weighted by Crippen LogP contribution is 2.18. The fraction of sp³-hybridized carbons (Fsp3) is 0.353. The molecule has 5 heteroatoms. The molecule has 1 aliphatic rings. The fourth-order valence-electron chi connectivity index (χ4n) is 2.72. The van der Waals surface area contributed by atoms with E-state index in [0.29, 0.717) is 23.5 Å². The molecule has 0 saturated carbocycles. The lowest BCUT2D eigenvalue weighted by Crippen LogP contribution is -2.33. The summed E-state index contributed by atoms with van der Waals surface area (Å²) in [6.07, 6.45) is 5.92. The lowest BCUT2D eigenvalue weighted by Gasteiger charge is -2.15. The van der Waals surface area contributed by atoms with E-state index in [1.54, 1.807) is 24.5 Å². The van der Waals surface area contributed by atoms with Gasteiger partial charge in [0.15, 0.2) is 0 Å². The average Bonchev–Trinajstić information content (AvgIpc) is 3.09. The van der Waals surface area contributed by atoms with E-state index in [-0.39, 0.29) is 5.91 Å². The van der Waals surface area contributed by atoms with Crippen molar-refractivity contribution in [3.63, 3.8) is 0 Å². The molecule has 22 heavy (non-hydrogen) atoms. The Morgan fingerprint density at radius 1 is 1.09 bits per heavy atom. The topological polar surface area (TPSA) is 58.1 Å². The molecule has 3 heterocycles. The molecule has 1 aliphatic heterocycles. The molecular formula is C17H20N4O. The minimum atomic E-state index is -0.0899. The molecule has 0 atom stereocenters. The number of nitrogens with one attached hydrogen (secondary N) is 1. The van der Waals surface area contributed by atoms with Crippen molar-refractivity contribution in [1.82, 2.24) is 20.2 Å². The van der Waals surface area contributed by atoms with Crippen molar-refractivity contribution in [2.45, 2.75) is 12.8 Å². The lowest BCUT2D eigenvalue weighted by molar-refractivity contribution is 0.0950. The van der Waals surface area contributed by atoms with Gasteiger partial charge in [0.2, 0.25) is 0 Å². The van der Waals surface area contributed by atoms with Crippen LogP contribution in [0, 0.1) is 0 Å².